The number of anilines is 1. The molecule has 0 saturated heterocycles. The van der Waals surface area contributed by atoms with Crippen molar-refractivity contribution >= 4 is 37.9 Å². The minimum Gasteiger partial charge on any atom is -0.496 e. The van der Waals surface area contributed by atoms with Crippen molar-refractivity contribution in [2.75, 3.05) is 19.5 Å². The van der Waals surface area contributed by atoms with Crippen LogP contribution in [0.15, 0.2) is 34.2 Å². The molecule has 1 aromatic carbocycles. The third-order valence-electron chi connectivity index (χ3n) is 3.13. The van der Waals surface area contributed by atoms with Gasteiger partial charge in [0.1, 0.15) is 11.4 Å². The van der Waals surface area contributed by atoms with Gasteiger partial charge in [0, 0.05) is 17.3 Å². The first-order valence-corrected chi connectivity index (χ1v) is 7.96. The highest BCUT2D eigenvalue weighted by Gasteiger charge is 2.13. The topological polar surface area (TPSA) is 47.8 Å². The van der Waals surface area contributed by atoms with Crippen LogP contribution in [-0.2, 0) is 6.54 Å². The van der Waals surface area contributed by atoms with Gasteiger partial charge in [-0.1, -0.05) is 0 Å². The standard InChI is InChI=1S/C14H14BrN3O2S/c1-19-12-4-3-9(7-10(12)15)16-8-11-13(20-2)17-14-18(11)5-6-21-14/h3-7,16H,8H2,1-2H3. The molecule has 21 heavy (non-hydrogen) atoms. The lowest BCUT2D eigenvalue weighted by molar-refractivity contribution is 0.395. The maximum Gasteiger partial charge on any atom is 0.238 e. The van der Waals surface area contributed by atoms with Crippen LogP contribution in [0.2, 0.25) is 0 Å². The Morgan fingerprint density at radius 3 is 2.90 bits per heavy atom. The van der Waals surface area contributed by atoms with Gasteiger partial charge in [0.05, 0.1) is 25.2 Å². The van der Waals surface area contributed by atoms with Crippen LogP contribution in [0.5, 0.6) is 11.6 Å². The molecule has 3 rings (SSSR count). The number of benzene rings is 1. The van der Waals surface area contributed by atoms with Gasteiger partial charge in [-0.3, -0.25) is 4.40 Å². The number of halogens is 1. The van der Waals surface area contributed by atoms with Crippen LogP contribution in [0.3, 0.4) is 0 Å². The fourth-order valence-corrected chi connectivity index (χ4v) is 3.36. The van der Waals surface area contributed by atoms with Crippen LogP contribution >= 0.6 is 27.3 Å². The van der Waals surface area contributed by atoms with Crippen molar-refractivity contribution in [3.05, 3.63) is 39.9 Å². The van der Waals surface area contributed by atoms with E-state index in [4.69, 9.17) is 9.47 Å². The number of nitrogens with zero attached hydrogens (tertiary/aromatic N) is 2. The summed E-state index contributed by atoms with van der Waals surface area (Å²) in [5.41, 5.74) is 2.00. The third kappa shape index (κ3) is 2.71. The van der Waals surface area contributed by atoms with Gasteiger partial charge in [0.15, 0.2) is 4.96 Å². The Bertz CT molecular complexity index is 769. The van der Waals surface area contributed by atoms with Gasteiger partial charge in [-0.15, -0.1) is 11.3 Å². The summed E-state index contributed by atoms with van der Waals surface area (Å²) in [7, 11) is 3.29. The van der Waals surface area contributed by atoms with Crippen LogP contribution in [-0.4, -0.2) is 23.6 Å². The summed E-state index contributed by atoms with van der Waals surface area (Å²) in [6.45, 7) is 0.625. The molecule has 0 saturated carbocycles. The van der Waals surface area contributed by atoms with E-state index in [2.05, 4.69) is 26.2 Å². The van der Waals surface area contributed by atoms with Crippen molar-refractivity contribution in [2.24, 2.45) is 0 Å². The van der Waals surface area contributed by atoms with Crippen LogP contribution in [0.25, 0.3) is 4.96 Å². The molecule has 0 spiro atoms. The van der Waals surface area contributed by atoms with Gasteiger partial charge >= 0.3 is 0 Å². The van der Waals surface area contributed by atoms with E-state index < -0.39 is 0 Å². The van der Waals surface area contributed by atoms with Crippen molar-refractivity contribution in [1.29, 1.82) is 0 Å². The Morgan fingerprint density at radius 1 is 1.33 bits per heavy atom. The number of thiazole rings is 1. The Kier molecular flexibility index (Phi) is 4.03. The van der Waals surface area contributed by atoms with E-state index in [1.54, 1.807) is 25.6 Å². The molecule has 3 aromatic rings. The fourth-order valence-electron chi connectivity index (χ4n) is 2.10. The predicted molar refractivity (Wildman–Crippen MR) is 87.6 cm³/mol. The monoisotopic (exact) mass is 367 g/mol. The highest BCUT2D eigenvalue weighted by Crippen LogP contribution is 2.29. The van der Waals surface area contributed by atoms with Crippen molar-refractivity contribution < 1.29 is 9.47 Å². The summed E-state index contributed by atoms with van der Waals surface area (Å²) < 4.78 is 13.5. The number of hydrogen-bond donors (Lipinski definition) is 1. The van der Waals surface area contributed by atoms with Crippen molar-refractivity contribution in [3.8, 4) is 11.6 Å². The van der Waals surface area contributed by atoms with E-state index in [0.29, 0.717) is 12.4 Å². The van der Waals surface area contributed by atoms with E-state index in [9.17, 15) is 0 Å². The molecule has 2 aromatic heterocycles. The molecular formula is C14H14BrN3O2S. The molecule has 110 valence electrons. The number of methoxy groups -OCH3 is 2. The molecule has 0 atom stereocenters. The lowest BCUT2D eigenvalue weighted by atomic mass is 10.3. The average Bonchev–Trinajstić information content (AvgIpc) is 3.06. The molecule has 0 amide bonds. The molecule has 0 aliphatic rings. The zero-order valence-electron chi connectivity index (χ0n) is 11.6. The second-order valence-corrected chi connectivity index (χ2v) is 6.05. The highest BCUT2D eigenvalue weighted by molar-refractivity contribution is 9.10. The third-order valence-corrected chi connectivity index (χ3v) is 4.51. The zero-order chi connectivity index (χ0) is 14.8. The van der Waals surface area contributed by atoms with Gasteiger partial charge in [-0.25, -0.2) is 0 Å². The smallest absolute Gasteiger partial charge is 0.238 e. The first-order chi connectivity index (χ1) is 10.2. The number of imidazole rings is 1. The number of aromatic nitrogens is 2. The van der Waals surface area contributed by atoms with Gasteiger partial charge in [0.25, 0.3) is 0 Å². The number of rotatable bonds is 5. The molecule has 0 aliphatic carbocycles. The summed E-state index contributed by atoms with van der Waals surface area (Å²) >= 11 is 5.07. The highest BCUT2D eigenvalue weighted by atomic mass is 79.9. The minimum atomic E-state index is 0.625. The summed E-state index contributed by atoms with van der Waals surface area (Å²) in [6, 6.07) is 5.87. The summed E-state index contributed by atoms with van der Waals surface area (Å²) in [5, 5.41) is 5.38. The molecule has 5 nitrogen and oxygen atoms in total. The number of nitrogens with one attached hydrogen (secondary N) is 1. The average molecular weight is 368 g/mol. The van der Waals surface area contributed by atoms with Crippen LogP contribution in [0.4, 0.5) is 5.69 Å². The molecule has 7 heteroatoms. The predicted octanol–water partition coefficient (Wildman–Crippen LogP) is 3.79. The van der Waals surface area contributed by atoms with E-state index in [-0.39, 0.29) is 0 Å². The van der Waals surface area contributed by atoms with E-state index in [1.165, 1.54) is 0 Å². The van der Waals surface area contributed by atoms with E-state index in [1.807, 2.05) is 34.2 Å². The fraction of sp³-hybridized carbons (Fsp3) is 0.214. The Labute approximate surface area is 134 Å². The second-order valence-electron chi connectivity index (χ2n) is 4.33. The lowest BCUT2D eigenvalue weighted by Gasteiger charge is -2.09. The molecule has 0 unspecified atom stereocenters. The van der Waals surface area contributed by atoms with Gasteiger partial charge < -0.3 is 14.8 Å². The number of fused-ring (bicyclic) bond motifs is 1. The van der Waals surface area contributed by atoms with Crippen LogP contribution in [0, 0.1) is 0 Å². The largest absolute Gasteiger partial charge is 0.496 e. The molecular weight excluding hydrogens is 354 g/mol. The molecule has 1 N–H and O–H groups in total. The maximum absolute atomic E-state index is 5.34. The summed E-state index contributed by atoms with van der Waals surface area (Å²) in [6.07, 6.45) is 2.00. The van der Waals surface area contributed by atoms with Crippen molar-refractivity contribution in [3.63, 3.8) is 0 Å². The first-order valence-electron chi connectivity index (χ1n) is 6.28. The molecule has 0 fully saturated rings. The SMILES string of the molecule is COc1ccc(NCc2c(OC)nc3sccn23)cc1Br. The van der Waals surface area contributed by atoms with Crippen molar-refractivity contribution in [1.82, 2.24) is 9.38 Å². The first kappa shape index (κ1) is 14.2. The quantitative estimate of drug-likeness (QED) is 0.745. The van der Waals surface area contributed by atoms with Crippen LogP contribution in [0.1, 0.15) is 5.69 Å². The minimum absolute atomic E-state index is 0.625. The van der Waals surface area contributed by atoms with E-state index in [0.717, 1.165) is 26.6 Å². The van der Waals surface area contributed by atoms with Gasteiger partial charge in [-0.2, -0.15) is 4.98 Å². The van der Waals surface area contributed by atoms with Gasteiger partial charge in [-0.05, 0) is 34.1 Å². The summed E-state index contributed by atoms with van der Waals surface area (Å²) in [4.78, 5) is 5.37. The van der Waals surface area contributed by atoms with Crippen LogP contribution < -0.4 is 14.8 Å². The Balaban J connectivity index is 1.82. The van der Waals surface area contributed by atoms with Gasteiger partial charge in [0.2, 0.25) is 5.88 Å². The second kappa shape index (κ2) is 5.95. The van der Waals surface area contributed by atoms with Crippen molar-refractivity contribution in [2.45, 2.75) is 6.54 Å². The maximum atomic E-state index is 5.34. The molecule has 2 heterocycles. The Hall–Kier alpha value is -1.73. The number of ether oxygens (including phenoxy) is 2. The molecule has 0 radical (unpaired) electrons. The lowest BCUT2D eigenvalue weighted by Crippen LogP contribution is -2.03. The summed E-state index contributed by atoms with van der Waals surface area (Å²) in [5.74, 6) is 1.46. The number of hydrogen-bond acceptors (Lipinski definition) is 5. The normalized spacial score (nSPS) is 10.8. The molecule has 0 aliphatic heterocycles. The Morgan fingerprint density at radius 2 is 2.19 bits per heavy atom. The zero-order valence-corrected chi connectivity index (χ0v) is 14.0. The van der Waals surface area contributed by atoms with E-state index >= 15 is 0 Å². The molecule has 0 bridgehead atoms.